The molecule has 0 amide bonds. The molecule has 0 aromatic carbocycles. The fraction of sp³-hybridized carbons (Fsp3) is 0.867. The summed E-state index contributed by atoms with van der Waals surface area (Å²) in [6.07, 6.45) is 6.18. The van der Waals surface area contributed by atoms with Crippen molar-refractivity contribution in [2.75, 3.05) is 13.2 Å². The molecule has 2 heterocycles. The molecule has 2 nitrogen and oxygen atoms in total. The number of rotatable bonds is 0. The van der Waals surface area contributed by atoms with Gasteiger partial charge in [-0.1, -0.05) is 26.7 Å². The van der Waals surface area contributed by atoms with Crippen LogP contribution in [0.3, 0.4) is 0 Å². The van der Waals surface area contributed by atoms with Crippen LogP contribution in [-0.2, 0) is 9.47 Å². The summed E-state index contributed by atoms with van der Waals surface area (Å²) in [7, 11) is 0. The number of ether oxygens (including phenoxy) is 2. The molecule has 0 aromatic heterocycles. The molecule has 2 fully saturated rings. The Morgan fingerprint density at radius 2 is 2.00 bits per heavy atom. The third kappa shape index (κ3) is 1.18. The maximum Gasteiger partial charge on any atom is 0.0877 e. The van der Waals surface area contributed by atoms with Crippen LogP contribution >= 0.6 is 0 Å². The molecule has 94 valence electrons. The van der Waals surface area contributed by atoms with Crippen molar-refractivity contribution in [1.82, 2.24) is 0 Å². The molecule has 17 heavy (non-hydrogen) atoms. The summed E-state index contributed by atoms with van der Waals surface area (Å²) in [5.41, 5.74) is 3.40. The molecule has 0 radical (unpaired) electrons. The Morgan fingerprint density at radius 1 is 1.18 bits per heavy atom. The molecule has 0 bridgehead atoms. The van der Waals surface area contributed by atoms with Crippen LogP contribution in [0.2, 0.25) is 0 Å². The number of hydrogen-bond acceptors (Lipinski definition) is 2. The zero-order chi connectivity index (χ0) is 11.6. The highest BCUT2D eigenvalue weighted by Crippen LogP contribution is 2.59. The zero-order valence-electron chi connectivity index (χ0n) is 10.9. The first kappa shape index (κ1) is 10.6. The van der Waals surface area contributed by atoms with Gasteiger partial charge in [0.15, 0.2) is 0 Å². The van der Waals surface area contributed by atoms with E-state index < -0.39 is 0 Å². The molecular weight excluding hydrogens is 212 g/mol. The Labute approximate surface area is 103 Å². The summed E-state index contributed by atoms with van der Waals surface area (Å²) in [4.78, 5) is 0. The van der Waals surface area contributed by atoms with Crippen molar-refractivity contribution in [1.29, 1.82) is 0 Å². The van der Waals surface area contributed by atoms with Gasteiger partial charge in [-0.25, -0.2) is 0 Å². The molecule has 0 saturated heterocycles. The standard InChI is InChI=1S/C15H22O2/c1-9-4-3-5-11-6-12-13-10(7-16-12)8-17-14(13)15(9,11)2/h9,11-12,14H,3-8H2,1-2H3/t9-,11+,12-,14-,15+/m1/s1. The van der Waals surface area contributed by atoms with E-state index in [4.69, 9.17) is 9.47 Å². The second kappa shape index (κ2) is 3.36. The van der Waals surface area contributed by atoms with Crippen LogP contribution in [0.4, 0.5) is 0 Å². The maximum atomic E-state index is 6.18. The van der Waals surface area contributed by atoms with Gasteiger partial charge in [-0.05, 0) is 35.8 Å². The van der Waals surface area contributed by atoms with Crippen LogP contribution in [0.1, 0.15) is 39.5 Å². The maximum absolute atomic E-state index is 6.18. The van der Waals surface area contributed by atoms with E-state index in [1.807, 2.05) is 0 Å². The van der Waals surface area contributed by atoms with E-state index in [9.17, 15) is 0 Å². The predicted molar refractivity (Wildman–Crippen MR) is 65.7 cm³/mol. The van der Waals surface area contributed by atoms with Crippen LogP contribution in [-0.4, -0.2) is 25.4 Å². The first-order chi connectivity index (χ1) is 8.21. The summed E-state index contributed by atoms with van der Waals surface area (Å²) in [5.74, 6) is 1.60. The molecule has 4 aliphatic rings. The summed E-state index contributed by atoms with van der Waals surface area (Å²) < 4.78 is 12.1. The van der Waals surface area contributed by atoms with Crippen molar-refractivity contribution in [3.8, 4) is 0 Å². The Hall–Kier alpha value is -0.340. The van der Waals surface area contributed by atoms with Gasteiger partial charge in [0, 0.05) is 5.41 Å². The van der Waals surface area contributed by atoms with Gasteiger partial charge >= 0.3 is 0 Å². The monoisotopic (exact) mass is 234 g/mol. The Bertz CT molecular complexity index is 386. The largest absolute Gasteiger partial charge is 0.369 e. The summed E-state index contributed by atoms with van der Waals surface area (Å²) in [6, 6.07) is 0. The molecule has 0 aromatic rings. The molecule has 0 unspecified atom stereocenters. The van der Waals surface area contributed by atoms with Gasteiger partial charge in [0.1, 0.15) is 0 Å². The molecule has 4 rings (SSSR count). The van der Waals surface area contributed by atoms with E-state index in [0.717, 1.165) is 25.0 Å². The molecule has 5 atom stereocenters. The first-order valence-electron chi connectivity index (χ1n) is 7.16. The third-order valence-electron chi connectivity index (χ3n) is 6.12. The molecule has 2 saturated carbocycles. The Balaban J connectivity index is 1.79. The van der Waals surface area contributed by atoms with Crippen LogP contribution in [0, 0.1) is 17.3 Å². The van der Waals surface area contributed by atoms with E-state index in [1.54, 1.807) is 5.57 Å². The van der Waals surface area contributed by atoms with Gasteiger partial charge in [-0.15, -0.1) is 0 Å². The average Bonchev–Trinajstić information content (AvgIpc) is 2.88. The highest BCUT2D eigenvalue weighted by Gasteiger charge is 2.57. The molecule has 2 heteroatoms. The molecular formula is C15H22O2. The molecule has 0 N–H and O–H groups in total. The van der Waals surface area contributed by atoms with Gasteiger partial charge in [0.25, 0.3) is 0 Å². The Kier molecular flexibility index (Phi) is 2.09. The minimum atomic E-state index is 0.374. The summed E-state index contributed by atoms with van der Waals surface area (Å²) in [6.45, 7) is 6.60. The van der Waals surface area contributed by atoms with Crippen LogP contribution in [0.15, 0.2) is 11.1 Å². The second-order valence-corrected chi connectivity index (χ2v) is 6.68. The van der Waals surface area contributed by atoms with Gasteiger partial charge in [0.05, 0.1) is 25.4 Å². The van der Waals surface area contributed by atoms with E-state index >= 15 is 0 Å². The van der Waals surface area contributed by atoms with E-state index in [-0.39, 0.29) is 0 Å². The minimum Gasteiger partial charge on any atom is -0.369 e. The highest BCUT2D eigenvalue weighted by molar-refractivity contribution is 5.36. The molecule has 0 spiro atoms. The van der Waals surface area contributed by atoms with E-state index in [0.29, 0.717) is 17.6 Å². The van der Waals surface area contributed by atoms with Crippen molar-refractivity contribution in [2.45, 2.75) is 51.7 Å². The third-order valence-corrected chi connectivity index (χ3v) is 6.12. The van der Waals surface area contributed by atoms with Gasteiger partial charge in [-0.2, -0.15) is 0 Å². The first-order valence-corrected chi connectivity index (χ1v) is 7.16. The lowest BCUT2D eigenvalue weighted by Crippen LogP contribution is -2.53. The van der Waals surface area contributed by atoms with Crippen molar-refractivity contribution in [3.05, 3.63) is 11.1 Å². The van der Waals surface area contributed by atoms with Crippen molar-refractivity contribution >= 4 is 0 Å². The normalized spacial score (nSPS) is 52.6. The van der Waals surface area contributed by atoms with Gasteiger partial charge in [0.2, 0.25) is 0 Å². The smallest absolute Gasteiger partial charge is 0.0877 e. The zero-order valence-corrected chi connectivity index (χ0v) is 10.9. The van der Waals surface area contributed by atoms with Crippen LogP contribution in [0.25, 0.3) is 0 Å². The second-order valence-electron chi connectivity index (χ2n) is 6.68. The fourth-order valence-electron chi connectivity index (χ4n) is 4.86. The predicted octanol–water partition coefficient (Wildman–Crippen LogP) is 2.93. The molecule has 2 aliphatic carbocycles. The lowest BCUT2D eigenvalue weighted by Gasteiger charge is -2.54. The lowest BCUT2D eigenvalue weighted by molar-refractivity contribution is -0.119. The fourth-order valence-corrected chi connectivity index (χ4v) is 4.86. The quantitative estimate of drug-likeness (QED) is 0.600. The minimum absolute atomic E-state index is 0.374. The highest BCUT2D eigenvalue weighted by atomic mass is 16.5. The average molecular weight is 234 g/mol. The summed E-state index contributed by atoms with van der Waals surface area (Å²) in [5, 5.41) is 0. The number of hydrogen-bond donors (Lipinski definition) is 0. The van der Waals surface area contributed by atoms with Crippen molar-refractivity contribution in [2.24, 2.45) is 17.3 Å². The lowest BCUT2D eigenvalue weighted by atomic mass is 9.53. The molecule has 2 aliphatic heterocycles. The van der Waals surface area contributed by atoms with Gasteiger partial charge in [-0.3, -0.25) is 0 Å². The number of fused-ring (bicyclic) bond motifs is 2. The van der Waals surface area contributed by atoms with Crippen molar-refractivity contribution in [3.63, 3.8) is 0 Å². The van der Waals surface area contributed by atoms with Crippen molar-refractivity contribution < 1.29 is 9.47 Å². The Morgan fingerprint density at radius 3 is 2.88 bits per heavy atom. The van der Waals surface area contributed by atoms with E-state index in [1.165, 1.54) is 31.3 Å². The van der Waals surface area contributed by atoms with Crippen LogP contribution in [0.5, 0.6) is 0 Å². The topological polar surface area (TPSA) is 18.5 Å². The van der Waals surface area contributed by atoms with Crippen LogP contribution < -0.4 is 0 Å². The van der Waals surface area contributed by atoms with E-state index in [2.05, 4.69) is 13.8 Å². The summed E-state index contributed by atoms with van der Waals surface area (Å²) >= 11 is 0. The van der Waals surface area contributed by atoms with Gasteiger partial charge < -0.3 is 9.47 Å². The SMILES string of the molecule is C[C@@H]1CCC[C@H]2C[C@H]3OCC4=C3[C@@H](OC4)[C@]21C.